The van der Waals surface area contributed by atoms with Gasteiger partial charge in [-0.25, -0.2) is 0 Å². The van der Waals surface area contributed by atoms with Gasteiger partial charge in [0.1, 0.15) is 0 Å². The minimum atomic E-state index is -0.0732. The van der Waals surface area contributed by atoms with E-state index in [0.717, 1.165) is 60.3 Å². The zero-order valence-corrected chi connectivity index (χ0v) is 18.1. The molecule has 1 aliphatic carbocycles. The monoisotopic (exact) mass is 435 g/mol. The smallest absolute Gasteiger partial charge is 0.251 e. The first kappa shape index (κ1) is 20.1. The summed E-state index contributed by atoms with van der Waals surface area (Å²) >= 11 is 6.46. The minimum absolute atomic E-state index is 0.0581. The van der Waals surface area contributed by atoms with Crippen molar-refractivity contribution in [2.45, 2.75) is 50.6 Å². The Morgan fingerprint density at radius 2 is 1.81 bits per heavy atom. The van der Waals surface area contributed by atoms with Crippen molar-refractivity contribution in [2.24, 2.45) is 0 Å². The third kappa shape index (κ3) is 3.83. The average molecular weight is 436 g/mol. The molecule has 31 heavy (non-hydrogen) atoms. The van der Waals surface area contributed by atoms with Crippen molar-refractivity contribution >= 4 is 40.0 Å². The van der Waals surface area contributed by atoms with E-state index < -0.39 is 0 Å². The molecule has 5 nitrogen and oxygen atoms in total. The van der Waals surface area contributed by atoms with Gasteiger partial charge in [-0.1, -0.05) is 29.8 Å². The standard InChI is InChI=1S/C25H26ClN3O2/c26-20-16-29(22-8-2-1-6-19(20)22)23-9-5-7-21(23)27-25(31)17-11-13-18(14-12-17)28-15-4-3-10-24(28)30/h1-2,6,8,11-14,16,21,23H,3-5,7,9-10,15H2,(H,27,31). The Kier molecular flexibility index (Phi) is 5.45. The van der Waals surface area contributed by atoms with Gasteiger partial charge in [-0.2, -0.15) is 0 Å². The number of rotatable bonds is 4. The predicted molar refractivity (Wildman–Crippen MR) is 124 cm³/mol. The number of aromatic nitrogens is 1. The summed E-state index contributed by atoms with van der Waals surface area (Å²) in [5.41, 5.74) is 2.59. The van der Waals surface area contributed by atoms with Gasteiger partial charge >= 0.3 is 0 Å². The van der Waals surface area contributed by atoms with Crippen LogP contribution in [0.3, 0.4) is 0 Å². The van der Waals surface area contributed by atoms with Gasteiger partial charge in [0.2, 0.25) is 5.91 Å². The van der Waals surface area contributed by atoms with Crippen LogP contribution < -0.4 is 10.2 Å². The summed E-state index contributed by atoms with van der Waals surface area (Å²) < 4.78 is 2.22. The predicted octanol–water partition coefficient (Wildman–Crippen LogP) is 5.34. The third-order valence-corrected chi connectivity index (χ3v) is 6.91. The maximum Gasteiger partial charge on any atom is 0.251 e. The SMILES string of the molecule is O=C(NC1CCCC1n1cc(Cl)c2ccccc21)c1ccc(N2CCCCC2=O)cc1. The van der Waals surface area contributed by atoms with Gasteiger partial charge in [-0.15, -0.1) is 0 Å². The number of halogens is 1. The van der Waals surface area contributed by atoms with Crippen molar-refractivity contribution in [1.82, 2.24) is 9.88 Å². The molecule has 2 atom stereocenters. The summed E-state index contributed by atoms with van der Waals surface area (Å²) in [7, 11) is 0. The number of carbonyl (C=O) groups excluding carboxylic acids is 2. The van der Waals surface area contributed by atoms with Crippen molar-refractivity contribution in [1.29, 1.82) is 0 Å². The molecule has 1 saturated heterocycles. The highest BCUT2D eigenvalue weighted by molar-refractivity contribution is 6.35. The number of benzene rings is 2. The van der Waals surface area contributed by atoms with E-state index in [9.17, 15) is 9.59 Å². The number of carbonyl (C=O) groups is 2. The topological polar surface area (TPSA) is 54.3 Å². The molecule has 2 aromatic carbocycles. The Bertz CT molecular complexity index is 1120. The summed E-state index contributed by atoms with van der Waals surface area (Å²) in [5, 5.41) is 5.03. The lowest BCUT2D eigenvalue weighted by atomic mass is 10.1. The van der Waals surface area contributed by atoms with Crippen LogP contribution in [0.5, 0.6) is 0 Å². The molecule has 0 spiro atoms. The molecule has 6 heteroatoms. The van der Waals surface area contributed by atoms with Crippen LogP contribution in [0, 0.1) is 0 Å². The summed E-state index contributed by atoms with van der Waals surface area (Å²) in [5.74, 6) is 0.0887. The van der Waals surface area contributed by atoms with Crippen molar-refractivity contribution in [3.63, 3.8) is 0 Å². The van der Waals surface area contributed by atoms with Crippen LogP contribution in [0.1, 0.15) is 54.9 Å². The number of amides is 2. The lowest BCUT2D eigenvalue weighted by molar-refractivity contribution is -0.119. The number of para-hydroxylation sites is 1. The van der Waals surface area contributed by atoms with Crippen LogP contribution in [0.25, 0.3) is 10.9 Å². The summed E-state index contributed by atoms with van der Waals surface area (Å²) in [6.45, 7) is 0.752. The highest BCUT2D eigenvalue weighted by Crippen LogP contribution is 2.36. The normalized spacial score (nSPS) is 21.6. The van der Waals surface area contributed by atoms with Gasteiger partial charge in [-0.05, 0) is 62.4 Å². The van der Waals surface area contributed by atoms with E-state index in [0.29, 0.717) is 12.0 Å². The number of nitrogens with zero attached hydrogens (tertiary/aromatic N) is 2. The second-order valence-electron chi connectivity index (χ2n) is 8.53. The molecule has 2 unspecified atom stereocenters. The van der Waals surface area contributed by atoms with E-state index in [-0.39, 0.29) is 23.9 Å². The molecule has 2 heterocycles. The highest BCUT2D eigenvalue weighted by atomic mass is 35.5. The van der Waals surface area contributed by atoms with Gasteiger partial charge < -0.3 is 14.8 Å². The molecule has 1 aromatic heterocycles. The second kappa shape index (κ2) is 8.39. The van der Waals surface area contributed by atoms with Gasteiger partial charge in [-0.3, -0.25) is 9.59 Å². The fourth-order valence-electron chi connectivity index (χ4n) is 5.00. The molecule has 2 aliphatic rings. The lowest BCUT2D eigenvalue weighted by Crippen LogP contribution is -2.38. The maximum atomic E-state index is 13.0. The van der Waals surface area contributed by atoms with Gasteiger partial charge in [0, 0.05) is 47.4 Å². The molecule has 1 saturated carbocycles. The van der Waals surface area contributed by atoms with E-state index in [1.807, 2.05) is 53.6 Å². The first-order valence-electron chi connectivity index (χ1n) is 11.1. The molecule has 160 valence electrons. The molecular weight excluding hydrogens is 410 g/mol. The van der Waals surface area contributed by atoms with Gasteiger partial charge in [0.05, 0.1) is 11.1 Å². The number of fused-ring (bicyclic) bond motifs is 1. The summed E-state index contributed by atoms with van der Waals surface area (Å²) in [4.78, 5) is 26.9. The minimum Gasteiger partial charge on any atom is -0.347 e. The number of hydrogen-bond donors (Lipinski definition) is 1. The van der Waals surface area contributed by atoms with Crippen LogP contribution in [0.4, 0.5) is 5.69 Å². The molecular formula is C25H26ClN3O2. The van der Waals surface area contributed by atoms with Crippen molar-refractivity contribution < 1.29 is 9.59 Å². The van der Waals surface area contributed by atoms with E-state index >= 15 is 0 Å². The van der Waals surface area contributed by atoms with Crippen LogP contribution in [-0.4, -0.2) is 29.0 Å². The zero-order valence-electron chi connectivity index (χ0n) is 17.4. The molecule has 0 radical (unpaired) electrons. The van der Waals surface area contributed by atoms with Crippen LogP contribution in [0.15, 0.2) is 54.7 Å². The van der Waals surface area contributed by atoms with Crippen LogP contribution in [-0.2, 0) is 4.79 Å². The lowest BCUT2D eigenvalue weighted by Gasteiger charge is -2.27. The van der Waals surface area contributed by atoms with Gasteiger partial charge in [0.15, 0.2) is 0 Å². The van der Waals surface area contributed by atoms with E-state index in [1.165, 1.54) is 0 Å². The third-order valence-electron chi connectivity index (χ3n) is 6.61. The molecule has 1 N–H and O–H groups in total. The maximum absolute atomic E-state index is 13.0. The molecule has 2 fully saturated rings. The summed E-state index contributed by atoms with van der Waals surface area (Å²) in [6, 6.07) is 15.8. The van der Waals surface area contributed by atoms with Gasteiger partial charge in [0.25, 0.3) is 5.91 Å². The van der Waals surface area contributed by atoms with E-state index in [4.69, 9.17) is 11.6 Å². The average Bonchev–Trinajstić information content (AvgIpc) is 3.38. The number of hydrogen-bond acceptors (Lipinski definition) is 2. The number of anilines is 1. The fraction of sp³-hybridized carbons (Fsp3) is 0.360. The van der Waals surface area contributed by atoms with Crippen molar-refractivity contribution in [2.75, 3.05) is 11.4 Å². The van der Waals surface area contributed by atoms with Crippen LogP contribution >= 0.6 is 11.6 Å². The fourth-order valence-corrected chi connectivity index (χ4v) is 5.27. The highest BCUT2D eigenvalue weighted by Gasteiger charge is 2.31. The van der Waals surface area contributed by atoms with E-state index in [2.05, 4.69) is 16.0 Å². The summed E-state index contributed by atoms with van der Waals surface area (Å²) in [6.07, 6.45) is 7.59. The zero-order chi connectivity index (χ0) is 21.4. The first-order valence-corrected chi connectivity index (χ1v) is 11.5. The molecule has 3 aromatic rings. The number of nitrogens with one attached hydrogen (secondary N) is 1. The molecule has 2 amide bonds. The Morgan fingerprint density at radius 1 is 1.00 bits per heavy atom. The quantitative estimate of drug-likeness (QED) is 0.601. The molecule has 1 aliphatic heterocycles. The van der Waals surface area contributed by atoms with Crippen molar-refractivity contribution in [3.8, 4) is 0 Å². The second-order valence-corrected chi connectivity index (χ2v) is 8.94. The largest absolute Gasteiger partial charge is 0.347 e. The Hall–Kier alpha value is -2.79. The van der Waals surface area contributed by atoms with Crippen LogP contribution in [0.2, 0.25) is 5.02 Å². The molecule has 5 rings (SSSR count). The Balaban J connectivity index is 1.32. The van der Waals surface area contributed by atoms with E-state index in [1.54, 1.807) is 0 Å². The Labute approximate surface area is 187 Å². The van der Waals surface area contributed by atoms with Crippen molar-refractivity contribution in [3.05, 3.63) is 65.3 Å². The molecule has 0 bridgehead atoms. The number of piperidine rings is 1. The first-order chi connectivity index (χ1) is 15.1. The Morgan fingerprint density at radius 3 is 2.61 bits per heavy atom.